The van der Waals surface area contributed by atoms with Gasteiger partial charge in [-0.05, 0) is 24.3 Å². The summed E-state index contributed by atoms with van der Waals surface area (Å²) >= 11 is 9.21. The van der Waals surface area contributed by atoms with Crippen molar-refractivity contribution >= 4 is 27.5 Å². The maximum absolute atomic E-state index is 12.8. The lowest BCUT2D eigenvalue weighted by atomic mass is 10.3. The third-order valence-corrected chi connectivity index (χ3v) is 2.60. The Morgan fingerprint density at radius 1 is 1.25 bits per heavy atom. The Morgan fingerprint density at radius 2 is 2.06 bits per heavy atom. The fraction of sp³-hybridized carbons (Fsp3) is 0. The lowest BCUT2D eigenvalue weighted by molar-refractivity contribution is 0.445. The Kier molecular flexibility index (Phi) is 3.41. The van der Waals surface area contributed by atoms with Crippen LogP contribution in [0, 0.1) is 5.95 Å². The van der Waals surface area contributed by atoms with E-state index in [2.05, 4.69) is 20.9 Å². The van der Waals surface area contributed by atoms with E-state index in [9.17, 15) is 4.39 Å². The van der Waals surface area contributed by atoms with Crippen LogP contribution in [0.1, 0.15) is 0 Å². The van der Waals surface area contributed by atoms with Gasteiger partial charge >= 0.3 is 0 Å². The normalized spacial score (nSPS) is 10.2. The summed E-state index contributed by atoms with van der Waals surface area (Å²) in [5.41, 5.74) is 0. The summed E-state index contributed by atoms with van der Waals surface area (Å²) < 4.78 is 19.0. The lowest BCUT2D eigenvalue weighted by Gasteiger charge is -2.06. The molecule has 0 bridgehead atoms. The average Bonchev–Trinajstić information content (AvgIpc) is 2.24. The van der Waals surface area contributed by atoms with Crippen LogP contribution in [0.2, 0.25) is 5.02 Å². The molecule has 16 heavy (non-hydrogen) atoms. The van der Waals surface area contributed by atoms with Crippen LogP contribution >= 0.6 is 27.5 Å². The van der Waals surface area contributed by atoms with E-state index < -0.39 is 5.95 Å². The van der Waals surface area contributed by atoms with E-state index in [0.29, 0.717) is 10.8 Å². The van der Waals surface area contributed by atoms with Crippen LogP contribution in [-0.4, -0.2) is 4.98 Å². The molecule has 2 aromatic rings. The van der Waals surface area contributed by atoms with E-state index in [0.717, 1.165) is 4.47 Å². The predicted octanol–water partition coefficient (Wildman–Crippen LogP) is 4.43. The molecule has 1 aromatic carbocycles. The Balaban J connectivity index is 2.30. The maximum Gasteiger partial charge on any atom is 0.221 e. The number of pyridine rings is 1. The van der Waals surface area contributed by atoms with Crippen molar-refractivity contribution in [2.24, 2.45) is 0 Å². The Labute approximate surface area is 105 Å². The van der Waals surface area contributed by atoms with Crippen LogP contribution in [0.15, 0.2) is 40.9 Å². The predicted molar refractivity (Wildman–Crippen MR) is 63.4 cm³/mol. The number of aromatic nitrogens is 1. The second-order valence-electron chi connectivity index (χ2n) is 2.98. The van der Waals surface area contributed by atoms with Gasteiger partial charge in [-0.3, -0.25) is 0 Å². The monoisotopic (exact) mass is 301 g/mol. The summed E-state index contributed by atoms with van der Waals surface area (Å²) in [5, 5.41) is 0.439. The molecule has 1 heterocycles. The Bertz CT molecular complexity index is 521. The second-order valence-corrected chi connectivity index (χ2v) is 4.30. The van der Waals surface area contributed by atoms with Crippen LogP contribution in [0.5, 0.6) is 11.6 Å². The van der Waals surface area contributed by atoms with E-state index in [1.807, 2.05) is 0 Å². The smallest absolute Gasteiger partial charge is 0.221 e. The summed E-state index contributed by atoms with van der Waals surface area (Å²) in [6, 6.07) is 9.47. The van der Waals surface area contributed by atoms with Crippen molar-refractivity contribution in [2.45, 2.75) is 0 Å². The SMILES string of the molecule is Fc1cccc(Oc2cc(Br)ccc2Cl)n1. The summed E-state index contributed by atoms with van der Waals surface area (Å²) in [7, 11) is 0. The first kappa shape index (κ1) is 11.4. The molecule has 5 heteroatoms. The van der Waals surface area contributed by atoms with Crippen molar-refractivity contribution in [3.05, 3.63) is 51.8 Å². The molecule has 0 aliphatic heterocycles. The topological polar surface area (TPSA) is 22.1 Å². The van der Waals surface area contributed by atoms with Gasteiger partial charge in [0, 0.05) is 10.5 Å². The minimum absolute atomic E-state index is 0.167. The fourth-order valence-electron chi connectivity index (χ4n) is 1.11. The van der Waals surface area contributed by atoms with Gasteiger partial charge in [-0.2, -0.15) is 9.37 Å². The first-order chi connectivity index (χ1) is 7.65. The number of ether oxygens (including phenoxy) is 1. The van der Waals surface area contributed by atoms with Gasteiger partial charge in [0.15, 0.2) is 0 Å². The summed E-state index contributed by atoms with van der Waals surface area (Å²) in [5.74, 6) is -0.00207. The van der Waals surface area contributed by atoms with E-state index in [1.165, 1.54) is 12.1 Å². The van der Waals surface area contributed by atoms with Gasteiger partial charge in [-0.25, -0.2) is 0 Å². The van der Waals surface area contributed by atoms with Crippen LogP contribution in [0.4, 0.5) is 4.39 Å². The summed E-state index contributed by atoms with van der Waals surface area (Å²) in [4.78, 5) is 3.58. The van der Waals surface area contributed by atoms with Gasteiger partial charge in [-0.15, -0.1) is 0 Å². The van der Waals surface area contributed by atoms with Crippen molar-refractivity contribution in [1.82, 2.24) is 4.98 Å². The summed E-state index contributed by atoms with van der Waals surface area (Å²) in [6.07, 6.45) is 0. The van der Waals surface area contributed by atoms with Crippen molar-refractivity contribution in [3.8, 4) is 11.6 Å². The molecule has 2 rings (SSSR count). The minimum atomic E-state index is -0.594. The molecule has 0 atom stereocenters. The van der Waals surface area contributed by atoms with Crippen LogP contribution in [-0.2, 0) is 0 Å². The minimum Gasteiger partial charge on any atom is -0.437 e. The Morgan fingerprint density at radius 3 is 2.81 bits per heavy atom. The first-order valence-electron chi connectivity index (χ1n) is 4.40. The molecule has 2 nitrogen and oxygen atoms in total. The highest BCUT2D eigenvalue weighted by Gasteiger charge is 2.05. The van der Waals surface area contributed by atoms with Crippen molar-refractivity contribution in [1.29, 1.82) is 0 Å². The van der Waals surface area contributed by atoms with Crippen LogP contribution in [0.25, 0.3) is 0 Å². The molecule has 0 unspecified atom stereocenters. The van der Waals surface area contributed by atoms with E-state index >= 15 is 0 Å². The third-order valence-electron chi connectivity index (χ3n) is 1.80. The fourth-order valence-corrected chi connectivity index (χ4v) is 1.61. The van der Waals surface area contributed by atoms with Gasteiger partial charge in [0.2, 0.25) is 11.8 Å². The number of rotatable bonds is 2. The zero-order valence-electron chi connectivity index (χ0n) is 7.95. The molecule has 0 aliphatic carbocycles. The van der Waals surface area contributed by atoms with Gasteiger partial charge < -0.3 is 4.74 Å². The molecular weight excluding hydrogens is 296 g/mol. The van der Waals surface area contributed by atoms with Crippen LogP contribution in [0.3, 0.4) is 0 Å². The van der Waals surface area contributed by atoms with Crippen molar-refractivity contribution < 1.29 is 9.13 Å². The number of halogens is 3. The zero-order chi connectivity index (χ0) is 11.5. The van der Waals surface area contributed by atoms with Crippen LogP contribution < -0.4 is 4.74 Å². The molecule has 0 saturated heterocycles. The molecule has 0 aliphatic rings. The zero-order valence-corrected chi connectivity index (χ0v) is 10.3. The number of benzene rings is 1. The molecular formula is C11H6BrClFNO. The van der Waals surface area contributed by atoms with Crippen molar-refractivity contribution in [2.75, 3.05) is 0 Å². The van der Waals surface area contributed by atoms with E-state index in [-0.39, 0.29) is 5.88 Å². The second kappa shape index (κ2) is 4.80. The molecule has 0 radical (unpaired) electrons. The largest absolute Gasteiger partial charge is 0.437 e. The Hall–Kier alpha value is -1.13. The molecule has 0 amide bonds. The van der Waals surface area contributed by atoms with Gasteiger partial charge in [0.1, 0.15) is 5.75 Å². The molecule has 0 N–H and O–H groups in total. The molecule has 0 saturated carbocycles. The first-order valence-corrected chi connectivity index (χ1v) is 5.58. The highest BCUT2D eigenvalue weighted by atomic mass is 79.9. The number of hydrogen-bond donors (Lipinski definition) is 0. The lowest BCUT2D eigenvalue weighted by Crippen LogP contribution is -1.90. The standard InChI is InChI=1S/C11H6BrClFNO/c12-7-4-5-8(13)9(6-7)16-11-3-1-2-10(14)15-11/h1-6H. The number of nitrogens with zero attached hydrogens (tertiary/aromatic N) is 1. The molecule has 0 fully saturated rings. The van der Waals surface area contributed by atoms with Crippen molar-refractivity contribution in [3.63, 3.8) is 0 Å². The highest BCUT2D eigenvalue weighted by molar-refractivity contribution is 9.10. The van der Waals surface area contributed by atoms with E-state index in [4.69, 9.17) is 16.3 Å². The quantitative estimate of drug-likeness (QED) is 0.766. The van der Waals surface area contributed by atoms with Gasteiger partial charge in [0.05, 0.1) is 5.02 Å². The molecule has 0 spiro atoms. The third kappa shape index (κ3) is 2.71. The molecule has 82 valence electrons. The van der Waals surface area contributed by atoms with Gasteiger partial charge in [0.25, 0.3) is 0 Å². The van der Waals surface area contributed by atoms with Gasteiger partial charge in [-0.1, -0.05) is 33.6 Å². The highest BCUT2D eigenvalue weighted by Crippen LogP contribution is 2.31. The molecule has 1 aromatic heterocycles. The average molecular weight is 303 g/mol. The number of hydrogen-bond acceptors (Lipinski definition) is 2. The van der Waals surface area contributed by atoms with E-state index in [1.54, 1.807) is 24.3 Å². The summed E-state index contributed by atoms with van der Waals surface area (Å²) in [6.45, 7) is 0. The maximum atomic E-state index is 12.8.